The SMILES string of the molecule is CC(C)CC(Cc1cccs1)C(=O)C(C)C. The normalized spacial score (nSPS) is 13.4. The van der Waals surface area contributed by atoms with Crippen molar-refractivity contribution < 1.29 is 4.79 Å². The van der Waals surface area contributed by atoms with Gasteiger partial charge in [-0.3, -0.25) is 4.79 Å². The maximum Gasteiger partial charge on any atom is 0.138 e. The maximum atomic E-state index is 12.1. The second-order valence-electron chi connectivity index (χ2n) is 5.17. The van der Waals surface area contributed by atoms with Gasteiger partial charge in [0.2, 0.25) is 0 Å². The predicted molar refractivity (Wildman–Crippen MR) is 70.8 cm³/mol. The number of carbonyl (C=O) groups is 1. The van der Waals surface area contributed by atoms with Gasteiger partial charge in [0.15, 0.2) is 0 Å². The number of ketones is 1. The highest BCUT2D eigenvalue weighted by molar-refractivity contribution is 7.09. The summed E-state index contributed by atoms with van der Waals surface area (Å²) in [5, 5.41) is 2.08. The maximum absolute atomic E-state index is 12.1. The van der Waals surface area contributed by atoms with Crippen LogP contribution in [0.4, 0.5) is 0 Å². The van der Waals surface area contributed by atoms with Crippen molar-refractivity contribution in [2.75, 3.05) is 0 Å². The highest BCUT2D eigenvalue weighted by Crippen LogP contribution is 2.23. The zero-order valence-electron chi connectivity index (χ0n) is 10.7. The topological polar surface area (TPSA) is 17.1 Å². The van der Waals surface area contributed by atoms with Gasteiger partial charge in [0.25, 0.3) is 0 Å². The molecule has 0 aliphatic heterocycles. The molecule has 1 heterocycles. The molecule has 0 amide bonds. The van der Waals surface area contributed by atoms with E-state index in [1.807, 2.05) is 13.8 Å². The van der Waals surface area contributed by atoms with Crippen molar-refractivity contribution in [1.82, 2.24) is 0 Å². The average Bonchev–Trinajstić information content (AvgIpc) is 2.67. The lowest BCUT2D eigenvalue weighted by Gasteiger charge is -2.19. The van der Waals surface area contributed by atoms with E-state index in [1.54, 1.807) is 11.3 Å². The van der Waals surface area contributed by atoms with Crippen LogP contribution in [0.15, 0.2) is 17.5 Å². The number of Topliss-reactive ketones (excluding diaryl/α,β-unsaturated/α-hetero) is 1. The highest BCUT2D eigenvalue weighted by Gasteiger charge is 2.22. The smallest absolute Gasteiger partial charge is 0.138 e. The van der Waals surface area contributed by atoms with E-state index >= 15 is 0 Å². The van der Waals surface area contributed by atoms with Gasteiger partial charge in [-0.2, -0.15) is 0 Å². The summed E-state index contributed by atoms with van der Waals surface area (Å²) in [6.45, 7) is 8.39. The lowest BCUT2D eigenvalue weighted by molar-refractivity contribution is -0.126. The number of thiophene rings is 1. The summed E-state index contributed by atoms with van der Waals surface area (Å²) < 4.78 is 0. The van der Waals surface area contributed by atoms with Crippen LogP contribution in [0.25, 0.3) is 0 Å². The molecule has 1 rings (SSSR count). The van der Waals surface area contributed by atoms with E-state index in [2.05, 4.69) is 31.4 Å². The van der Waals surface area contributed by atoms with E-state index < -0.39 is 0 Å². The molecule has 1 aromatic rings. The summed E-state index contributed by atoms with van der Waals surface area (Å²) in [7, 11) is 0. The Kier molecular flexibility index (Phi) is 5.20. The van der Waals surface area contributed by atoms with Gasteiger partial charge in [-0.05, 0) is 30.2 Å². The Hall–Kier alpha value is -0.630. The quantitative estimate of drug-likeness (QED) is 0.726. The zero-order valence-corrected chi connectivity index (χ0v) is 11.5. The summed E-state index contributed by atoms with van der Waals surface area (Å²) in [6, 6.07) is 4.19. The summed E-state index contributed by atoms with van der Waals surface area (Å²) in [5.74, 6) is 1.37. The second kappa shape index (κ2) is 6.19. The molecule has 16 heavy (non-hydrogen) atoms. The van der Waals surface area contributed by atoms with Crippen LogP contribution >= 0.6 is 11.3 Å². The molecular formula is C14H22OS. The van der Waals surface area contributed by atoms with Crippen LogP contribution in [0.2, 0.25) is 0 Å². The van der Waals surface area contributed by atoms with Crippen molar-refractivity contribution in [3.63, 3.8) is 0 Å². The van der Waals surface area contributed by atoms with E-state index in [9.17, 15) is 4.79 Å². The summed E-state index contributed by atoms with van der Waals surface area (Å²) in [4.78, 5) is 13.4. The van der Waals surface area contributed by atoms with Crippen LogP contribution in [-0.2, 0) is 11.2 Å². The molecule has 0 bridgehead atoms. The first kappa shape index (κ1) is 13.4. The van der Waals surface area contributed by atoms with Crippen molar-refractivity contribution in [2.45, 2.75) is 40.5 Å². The van der Waals surface area contributed by atoms with Crippen molar-refractivity contribution in [2.24, 2.45) is 17.8 Å². The van der Waals surface area contributed by atoms with Crippen LogP contribution in [0.5, 0.6) is 0 Å². The fourth-order valence-electron chi connectivity index (χ4n) is 2.01. The minimum atomic E-state index is 0.156. The monoisotopic (exact) mass is 238 g/mol. The standard InChI is InChI=1S/C14H22OS/c1-10(2)8-12(14(15)11(3)4)9-13-6-5-7-16-13/h5-7,10-12H,8-9H2,1-4H3. The van der Waals surface area contributed by atoms with E-state index in [-0.39, 0.29) is 11.8 Å². The first-order valence-electron chi connectivity index (χ1n) is 6.06. The van der Waals surface area contributed by atoms with Gasteiger partial charge < -0.3 is 0 Å². The molecule has 90 valence electrons. The number of hydrogen-bond donors (Lipinski definition) is 0. The Morgan fingerprint density at radius 3 is 2.44 bits per heavy atom. The van der Waals surface area contributed by atoms with Crippen LogP contribution < -0.4 is 0 Å². The highest BCUT2D eigenvalue weighted by atomic mass is 32.1. The van der Waals surface area contributed by atoms with Crippen molar-refractivity contribution >= 4 is 17.1 Å². The molecule has 0 aliphatic rings. The Morgan fingerprint density at radius 1 is 1.31 bits per heavy atom. The van der Waals surface area contributed by atoms with Gasteiger partial charge in [-0.15, -0.1) is 11.3 Å². The van der Waals surface area contributed by atoms with Gasteiger partial charge >= 0.3 is 0 Å². The van der Waals surface area contributed by atoms with Crippen molar-refractivity contribution in [3.05, 3.63) is 22.4 Å². The largest absolute Gasteiger partial charge is 0.299 e. The van der Waals surface area contributed by atoms with Gasteiger partial charge in [0, 0.05) is 16.7 Å². The fourth-order valence-corrected chi connectivity index (χ4v) is 2.80. The second-order valence-corrected chi connectivity index (χ2v) is 6.20. The van der Waals surface area contributed by atoms with Crippen LogP contribution in [0.3, 0.4) is 0 Å². The lowest BCUT2D eigenvalue weighted by atomic mass is 9.85. The average molecular weight is 238 g/mol. The third-order valence-electron chi connectivity index (χ3n) is 2.76. The molecule has 0 spiro atoms. The van der Waals surface area contributed by atoms with Gasteiger partial charge in [-0.1, -0.05) is 33.8 Å². The number of rotatable bonds is 6. The molecule has 2 heteroatoms. The molecule has 0 fully saturated rings. The molecule has 0 aromatic carbocycles. The van der Waals surface area contributed by atoms with E-state index in [0.717, 1.165) is 12.8 Å². The third-order valence-corrected chi connectivity index (χ3v) is 3.65. The van der Waals surface area contributed by atoms with Crippen molar-refractivity contribution in [1.29, 1.82) is 0 Å². The number of hydrogen-bond acceptors (Lipinski definition) is 2. The summed E-state index contributed by atoms with van der Waals surface area (Å²) in [6.07, 6.45) is 1.93. The predicted octanol–water partition coefficient (Wildman–Crippen LogP) is 4.18. The van der Waals surface area contributed by atoms with E-state index in [0.29, 0.717) is 11.7 Å². The van der Waals surface area contributed by atoms with Gasteiger partial charge in [-0.25, -0.2) is 0 Å². The molecule has 0 aliphatic carbocycles. The number of carbonyl (C=O) groups excluding carboxylic acids is 1. The minimum Gasteiger partial charge on any atom is -0.299 e. The molecule has 1 aromatic heterocycles. The minimum absolute atomic E-state index is 0.156. The summed E-state index contributed by atoms with van der Waals surface area (Å²) in [5.41, 5.74) is 0. The molecule has 1 atom stereocenters. The van der Waals surface area contributed by atoms with Gasteiger partial charge in [0.1, 0.15) is 5.78 Å². The lowest BCUT2D eigenvalue weighted by Crippen LogP contribution is -2.23. The Bertz CT molecular complexity index is 311. The van der Waals surface area contributed by atoms with Crippen LogP contribution in [-0.4, -0.2) is 5.78 Å². The summed E-state index contributed by atoms with van der Waals surface area (Å²) >= 11 is 1.76. The Labute approximate surface area is 103 Å². The zero-order chi connectivity index (χ0) is 12.1. The molecule has 0 radical (unpaired) electrons. The van der Waals surface area contributed by atoms with E-state index in [4.69, 9.17) is 0 Å². The molecule has 0 saturated carbocycles. The van der Waals surface area contributed by atoms with Crippen molar-refractivity contribution in [3.8, 4) is 0 Å². The fraction of sp³-hybridized carbons (Fsp3) is 0.643. The van der Waals surface area contributed by atoms with Gasteiger partial charge in [0.05, 0.1) is 0 Å². The molecular weight excluding hydrogens is 216 g/mol. The molecule has 1 unspecified atom stereocenters. The Morgan fingerprint density at radius 2 is 2.00 bits per heavy atom. The molecule has 1 nitrogen and oxygen atoms in total. The molecule has 0 saturated heterocycles. The Balaban J connectivity index is 2.67. The van der Waals surface area contributed by atoms with Crippen LogP contribution in [0, 0.1) is 17.8 Å². The van der Waals surface area contributed by atoms with Crippen LogP contribution in [0.1, 0.15) is 39.0 Å². The first-order valence-corrected chi connectivity index (χ1v) is 6.94. The first-order chi connectivity index (χ1) is 7.50. The molecule has 0 N–H and O–H groups in total. The van der Waals surface area contributed by atoms with E-state index in [1.165, 1.54) is 4.88 Å². The third kappa shape index (κ3) is 4.09.